The molecule has 0 aromatic carbocycles. The molecule has 1 saturated heterocycles. The number of hydrogen-bond donors (Lipinski definition) is 0. The third-order valence-electron chi connectivity index (χ3n) is 2.36. The number of likely N-dealkylation sites (tertiary alicyclic amines) is 1. The number of halogens is 1. The molecule has 2 rings (SSSR count). The molecule has 0 radical (unpaired) electrons. The minimum atomic E-state index is 1.02. The van der Waals surface area contributed by atoms with E-state index in [1.165, 1.54) is 31.6 Å². The molecule has 2 heterocycles. The third-order valence-corrected chi connectivity index (χ3v) is 2.96. The van der Waals surface area contributed by atoms with Crippen LogP contribution in [0.3, 0.4) is 0 Å². The maximum Gasteiger partial charge on any atom is 0.101 e. The molecule has 3 heteroatoms. The Morgan fingerprint density at radius 2 is 2.08 bits per heavy atom. The third kappa shape index (κ3) is 2.64. The van der Waals surface area contributed by atoms with Gasteiger partial charge in [-0.15, -0.1) is 0 Å². The van der Waals surface area contributed by atoms with Gasteiger partial charge in [-0.3, -0.25) is 4.90 Å². The molecule has 1 fully saturated rings. The molecule has 1 aromatic rings. The van der Waals surface area contributed by atoms with Crippen molar-refractivity contribution in [2.75, 3.05) is 13.1 Å². The van der Waals surface area contributed by atoms with Crippen molar-refractivity contribution < 1.29 is 0 Å². The van der Waals surface area contributed by atoms with E-state index in [9.17, 15) is 0 Å². The van der Waals surface area contributed by atoms with Crippen molar-refractivity contribution in [3.8, 4) is 0 Å². The highest BCUT2D eigenvalue weighted by Crippen LogP contribution is 2.11. The molecule has 0 saturated carbocycles. The standard InChI is InChI=1S/C10H13IN2/c11-10-5-3-4-9(12-10)8-13-6-1-2-7-13/h3-5H,1-2,6-8H2. The van der Waals surface area contributed by atoms with Gasteiger partial charge in [-0.2, -0.15) is 0 Å². The van der Waals surface area contributed by atoms with Crippen LogP contribution >= 0.6 is 22.6 Å². The van der Waals surface area contributed by atoms with E-state index in [1.54, 1.807) is 0 Å². The summed E-state index contributed by atoms with van der Waals surface area (Å²) in [6.45, 7) is 3.51. The Morgan fingerprint density at radius 3 is 2.77 bits per heavy atom. The van der Waals surface area contributed by atoms with Crippen molar-refractivity contribution in [1.82, 2.24) is 9.88 Å². The lowest BCUT2D eigenvalue weighted by atomic mass is 10.3. The lowest BCUT2D eigenvalue weighted by molar-refractivity contribution is 0.327. The summed E-state index contributed by atoms with van der Waals surface area (Å²) in [5.74, 6) is 0. The molecule has 2 nitrogen and oxygen atoms in total. The predicted molar refractivity (Wildman–Crippen MR) is 61.5 cm³/mol. The van der Waals surface area contributed by atoms with E-state index in [4.69, 9.17) is 0 Å². The zero-order chi connectivity index (χ0) is 9.10. The molecule has 1 aromatic heterocycles. The van der Waals surface area contributed by atoms with E-state index in [-0.39, 0.29) is 0 Å². The summed E-state index contributed by atoms with van der Waals surface area (Å²) in [6.07, 6.45) is 2.70. The van der Waals surface area contributed by atoms with Gasteiger partial charge in [0.15, 0.2) is 0 Å². The van der Waals surface area contributed by atoms with E-state index in [0.29, 0.717) is 0 Å². The van der Waals surface area contributed by atoms with Crippen molar-refractivity contribution in [2.45, 2.75) is 19.4 Å². The zero-order valence-corrected chi connectivity index (χ0v) is 9.70. The quantitative estimate of drug-likeness (QED) is 0.613. The highest BCUT2D eigenvalue weighted by Gasteiger charge is 2.11. The van der Waals surface area contributed by atoms with Crippen LogP contribution < -0.4 is 0 Å². The first-order valence-electron chi connectivity index (χ1n) is 4.68. The normalized spacial score (nSPS) is 17.9. The Balaban J connectivity index is 2.00. The second-order valence-corrected chi connectivity index (χ2v) is 4.54. The van der Waals surface area contributed by atoms with E-state index in [0.717, 1.165) is 10.2 Å². The average molecular weight is 288 g/mol. The number of pyridine rings is 1. The molecule has 0 N–H and O–H groups in total. The SMILES string of the molecule is Ic1cccc(CN2CCCC2)n1. The van der Waals surface area contributed by atoms with Gasteiger partial charge in [0.25, 0.3) is 0 Å². The van der Waals surface area contributed by atoms with Gasteiger partial charge in [0.05, 0.1) is 5.69 Å². The van der Waals surface area contributed by atoms with Gasteiger partial charge < -0.3 is 0 Å². The Bertz CT molecular complexity index is 282. The van der Waals surface area contributed by atoms with E-state index in [2.05, 4.69) is 44.6 Å². The van der Waals surface area contributed by atoms with Gasteiger partial charge in [-0.1, -0.05) is 6.07 Å². The van der Waals surface area contributed by atoms with Gasteiger partial charge in [-0.25, -0.2) is 4.98 Å². The molecule has 0 aliphatic carbocycles. The maximum atomic E-state index is 4.48. The fourth-order valence-electron chi connectivity index (χ4n) is 1.71. The molecule has 0 spiro atoms. The van der Waals surface area contributed by atoms with E-state index in [1.807, 2.05) is 6.07 Å². The van der Waals surface area contributed by atoms with Gasteiger partial charge in [0.1, 0.15) is 3.70 Å². The van der Waals surface area contributed by atoms with Crippen molar-refractivity contribution in [3.05, 3.63) is 27.6 Å². The van der Waals surface area contributed by atoms with Crippen LogP contribution in [0.5, 0.6) is 0 Å². The van der Waals surface area contributed by atoms with Gasteiger partial charge >= 0.3 is 0 Å². The fraction of sp³-hybridized carbons (Fsp3) is 0.500. The van der Waals surface area contributed by atoms with Crippen molar-refractivity contribution in [3.63, 3.8) is 0 Å². The lowest BCUT2D eigenvalue weighted by Gasteiger charge is -2.13. The first kappa shape index (κ1) is 9.40. The van der Waals surface area contributed by atoms with Crippen molar-refractivity contribution in [2.24, 2.45) is 0 Å². The van der Waals surface area contributed by atoms with Crippen LogP contribution in [0, 0.1) is 3.70 Å². The Labute approximate surface area is 92.5 Å². The van der Waals surface area contributed by atoms with Crippen LogP contribution in [0.25, 0.3) is 0 Å². The molecule has 13 heavy (non-hydrogen) atoms. The summed E-state index contributed by atoms with van der Waals surface area (Å²) in [7, 11) is 0. The Morgan fingerprint density at radius 1 is 1.31 bits per heavy atom. The average Bonchev–Trinajstić information content (AvgIpc) is 2.57. The van der Waals surface area contributed by atoms with Crippen LogP contribution in [-0.2, 0) is 6.54 Å². The second-order valence-electron chi connectivity index (χ2n) is 3.43. The second kappa shape index (κ2) is 4.37. The van der Waals surface area contributed by atoms with Crippen LogP contribution in [0.2, 0.25) is 0 Å². The molecular formula is C10H13IN2. The van der Waals surface area contributed by atoms with Gasteiger partial charge in [-0.05, 0) is 60.7 Å². The molecule has 0 amide bonds. The largest absolute Gasteiger partial charge is 0.298 e. The molecule has 1 aliphatic rings. The minimum Gasteiger partial charge on any atom is -0.298 e. The smallest absolute Gasteiger partial charge is 0.101 e. The van der Waals surface area contributed by atoms with Crippen LogP contribution in [0.1, 0.15) is 18.5 Å². The molecule has 1 aliphatic heterocycles. The molecule has 0 atom stereocenters. The van der Waals surface area contributed by atoms with Crippen LogP contribution in [0.15, 0.2) is 18.2 Å². The topological polar surface area (TPSA) is 16.1 Å². The molecule has 0 bridgehead atoms. The van der Waals surface area contributed by atoms with Crippen molar-refractivity contribution in [1.29, 1.82) is 0 Å². The Kier molecular flexibility index (Phi) is 3.16. The highest BCUT2D eigenvalue weighted by molar-refractivity contribution is 14.1. The number of nitrogens with zero attached hydrogens (tertiary/aromatic N) is 2. The lowest BCUT2D eigenvalue weighted by Crippen LogP contribution is -2.19. The van der Waals surface area contributed by atoms with E-state index < -0.39 is 0 Å². The number of aromatic nitrogens is 1. The first-order chi connectivity index (χ1) is 6.34. The highest BCUT2D eigenvalue weighted by atomic mass is 127. The van der Waals surface area contributed by atoms with Crippen LogP contribution in [0.4, 0.5) is 0 Å². The number of hydrogen-bond acceptors (Lipinski definition) is 2. The monoisotopic (exact) mass is 288 g/mol. The fourth-order valence-corrected chi connectivity index (χ4v) is 2.23. The van der Waals surface area contributed by atoms with Crippen LogP contribution in [-0.4, -0.2) is 23.0 Å². The summed E-state index contributed by atoms with van der Waals surface area (Å²) < 4.78 is 1.09. The van der Waals surface area contributed by atoms with E-state index >= 15 is 0 Å². The maximum absolute atomic E-state index is 4.48. The van der Waals surface area contributed by atoms with Gasteiger partial charge in [0, 0.05) is 6.54 Å². The Hall–Kier alpha value is -0.160. The minimum absolute atomic E-state index is 1.02. The molecular weight excluding hydrogens is 275 g/mol. The predicted octanol–water partition coefficient (Wildman–Crippen LogP) is 2.28. The summed E-state index contributed by atoms with van der Waals surface area (Å²) >= 11 is 2.26. The first-order valence-corrected chi connectivity index (χ1v) is 5.76. The van der Waals surface area contributed by atoms with Crippen molar-refractivity contribution >= 4 is 22.6 Å². The molecule has 70 valence electrons. The molecule has 0 unspecified atom stereocenters. The summed E-state index contributed by atoms with van der Waals surface area (Å²) in [6, 6.07) is 6.23. The summed E-state index contributed by atoms with van der Waals surface area (Å²) in [5.41, 5.74) is 1.20. The number of rotatable bonds is 2. The zero-order valence-electron chi connectivity index (χ0n) is 7.54. The summed E-state index contributed by atoms with van der Waals surface area (Å²) in [4.78, 5) is 6.95. The van der Waals surface area contributed by atoms with Gasteiger partial charge in [0.2, 0.25) is 0 Å². The summed E-state index contributed by atoms with van der Waals surface area (Å²) in [5, 5.41) is 0.